The van der Waals surface area contributed by atoms with Gasteiger partial charge in [0.05, 0.1) is 5.56 Å². The molecule has 1 heterocycles. The highest BCUT2D eigenvalue weighted by Gasteiger charge is 2.24. The minimum absolute atomic E-state index is 0.0445. The van der Waals surface area contributed by atoms with Gasteiger partial charge in [0.1, 0.15) is 0 Å². The molecule has 0 spiro atoms. The third-order valence-corrected chi connectivity index (χ3v) is 2.96. The molecule has 15 heavy (non-hydrogen) atoms. The van der Waals surface area contributed by atoms with Crippen LogP contribution in [-0.2, 0) is 6.42 Å². The summed E-state index contributed by atoms with van der Waals surface area (Å²) in [6.07, 6.45) is 0.866. The van der Waals surface area contributed by atoms with E-state index in [0.29, 0.717) is 0 Å². The maximum atomic E-state index is 11.8. The van der Waals surface area contributed by atoms with Crippen molar-refractivity contribution in [1.29, 1.82) is 0 Å². The standard InChI is InChI=1S/C13H11NO/c1-2-8-7-11-9-5-3-4-6-10(9)12(11)13(15)14-8/h3-7H,2H2,1H3,(H,14,15). The zero-order valence-corrected chi connectivity index (χ0v) is 8.50. The van der Waals surface area contributed by atoms with Crippen molar-refractivity contribution in [3.63, 3.8) is 0 Å². The van der Waals surface area contributed by atoms with E-state index in [1.807, 2.05) is 25.1 Å². The van der Waals surface area contributed by atoms with Gasteiger partial charge >= 0.3 is 0 Å². The first-order valence-electron chi connectivity index (χ1n) is 5.17. The highest BCUT2D eigenvalue weighted by atomic mass is 16.1. The van der Waals surface area contributed by atoms with Gasteiger partial charge in [-0.15, -0.1) is 0 Å². The number of aryl methyl sites for hydroxylation is 1. The molecule has 0 unspecified atom stereocenters. The minimum atomic E-state index is 0.0445. The third-order valence-electron chi connectivity index (χ3n) is 2.96. The molecule has 0 saturated heterocycles. The second kappa shape index (κ2) is 2.83. The summed E-state index contributed by atoms with van der Waals surface area (Å²) in [5.74, 6) is 0. The van der Waals surface area contributed by atoms with Crippen LogP contribution in [0.2, 0.25) is 0 Å². The van der Waals surface area contributed by atoms with Crippen LogP contribution in [0.1, 0.15) is 12.6 Å². The molecule has 0 bridgehead atoms. The Hall–Kier alpha value is -1.83. The summed E-state index contributed by atoms with van der Waals surface area (Å²) < 4.78 is 0. The normalized spacial score (nSPS) is 11.5. The van der Waals surface area contributed by atoms with Gasteiger partial charge in [-0.25, -0.2) is 0 Å². The van der Waals surface area contributed by atoms with Gasteiger partial charge in [-0.05, 0) is 29.2 Å². The van der Waals surface area contributed by atoms with Crippen LogP contribution in [-0.4, -0.2) is 4.98 Å². The second-order valence-corrected chi connectivity index (χ2v) is 3.81. The smallest absolute Gasteiger partial charge is 0.256 e. The maximum Gasteiger partial charge on any atom is 0.256 e. The average molecular weight is 197 g/mol. The number of H-pyrrole nitrogens is 1. The van der Waals surface area contributed by atoms with E-state index in [4.69, 9.17) is 0 Å². The molecule has 0 aliphatic heterocycles. The van der Waals surface area contributed by atoms with Gasteiger partial charge in [-0.1, -0.05) is 31.2 Å². The van der Waals surface area contributed by atoms with Crippen molar-refractivity contribution in [3.8, 4) is 22.3 Å². The number of benzene rings is 1. The van der Waals surface area contributed by atoms with Gasteiger partial charge in [-0.3, -0.25) is 4.79 Å². The first kappa shape index (κ1) is 8.48. The van der Waals surface area contributed by atoms with E-state index < -0.39 is 0 Å². The molecule has 1 aromatic carbocycles. The zero-order chi connectivity index (χ0) is 10.4. The number of nitrogens with one attached hydrogen (secondary N) is 1. The Labute approximate surface area is 87.6 Å². The van der Waals surface area contributed by atoms with E-state index in [2.05, 4.69) is 17.1 Å². The van der Waals surface area contributed by atoms with Crippen molar-refractivity contribution in [1.82, 2.24) is 4.98 Å². The summed E-state index contributed by atoms with van der Waals surface area (Å²) in [6, 6.07) is 10.1. The lowest BCUT2D eigenvalue weighted by molar-refractivity contribution is 1.01. The topological polar surface area (TPSA) is 32.9 Å². The lowest BCUT2D eigenvalue weighted by atomic mass is 9.81. The van der Waals surface area contributed by atoms with Gasteiger partial charge in [0.2, 0.25) is 0 Å². The van der Waals surface area contributed by atoms with Gasteiger partial charge in [-0.2, -0.15) is 0 Å². The molecular weight excluding hydrogens is 186 g/mol. The fourth-order valence-corrected chi connectivity index (χ4v) is 2.16. The summed E-state index contributed by atoms with van der Waals surface area (Å²) >= 11 is 0. The minimum Gasteiger partial charge on any atom is -0.326 e. The van der Waals surface area contributed by atoms with Crippen LogP contribution in [0.4, 0.5) is 0 Å². The van der Waals surface area contributed by atoms with Crippen molar-refractivity contribution in [2.24, 2.45) is 0 Å². The number of hydrogen-bond donors (Lipinski definition) is 1. The van der Waals surface area contributed by atoms with Crippen LogP contribution in [0.15, 0.2) is 35.1 Å². The molecule has 2 aromatic rings. The van der Waals surface area contributed by atoms with Gasteiger partial charge in [0.25, 0.3) is 5.56 Å². The number of rotatable bonds is 1. The monoisotopic (exact) mass is 197 g/mol. The first-order valence-corrected chi connectivity index (χ1v) is 5.17. The molecule has 0 amide bonds. The summed E-state index contributed by atoms with van der Waals surface area (Å²) in [5.41, 5.74) is 5.29. The Morgan fingerprint density at radius 2 is 1.87 bits per heavy atom. The van der Waals surface area contributed by atoms with Crippen LogP contribution >= 0.6 is 0 Å². The number of fused-ring (bicyclic) bond motifs is 4. The molecule has 74 valence electrons. The summed E-state index contributed by atoms with van der Waals surface area (Å²) in [7, 11) is 0. The van der Waals surface area contributed by atoms with Crippen molar-refractivity contribution in [3.05, 3.63) is 46.4 Å². The summed E-state index contributed by atoms with van der Waals surface area (Å²) in [5, 5.41) is 0. The molecule has 1 N–H and O–H groups in total. The van der Waals surface area contributed by atoms with Crippen molar-refractivity contribution in [2.75, 3.05) is 0 Å². The molecule has 1 aliphatic carbocycles. The van der Waals surface area contributed by atoms with E-state index in [-0.39, 0.29) is 5.56 Å². The largest absolute Gasteiger partial charge is 0.326 e. The lowest BCUT2D eigenvalue weighted by Gasteiger charge is -2.22. The average Bonchev–Trinajstić information content (AvgIpc) is 2.24. The molecule has 0 saturated carbocycles. The molecule has 2 nitrogen and oxygen atoms in total. The molecule has 0 fully saturated rings. The number of aromatic amines is 1. The Bertz CT molecular complexity index is 596. The number of pyridine rings is 1. The van der Waals surface area contributed by atoms with Crippen molar-refractivity contribution < 1.29 is 0 Å². The highest BCUT2D eigenvalue weighted by molar-refractivity contribution is 6.01. The number of hydrogen-bond acceptors (Lipinski definition) is 1. The van der Waals surface area contributed by atoms with Gasteiger partial charge in [0, 0.05) is 5.69 Å². The molecule has 3 rings (SSSR count). The van der Waals surface area contributed by atoms with Gasteiger partial charge < -0.3 is 4.98 Å². The van der Waals surface area contributed by atoms with E-state index >= 15 is 0 Å². The Kier molecular flexibility index (Phi) is 1.60. The first-order chi connectivity index (χ1) is 7.31. The summed E-state index contributed by atoms with van der Waals surface area (Å²) in [4.78, 5) is 14.7. The van der Waals surface area contributed by atoms with Crippen LogP contribution in [0.5, 0.6) is 0 Å². The zero-order valence-electron chi connectivity index (χ0n) is 8.50. The van der Waals surface area contributed by atoms with Crippen LogP contribution < -0.4 is 5.56 Å². The van der Waals surface area contributed by atoms with Crippen LogP contribution in [0, 0.1) is 0 Å². The quantitative estimate of drug-likeness (QED) is 0.639. The predicted octanol–water partition coefficient (Wildman–Crippen LogP) is 2.58. The van der Waals surface area contributed by atoms with Crippen molar-refractivity contribution in [2.45, 2.75) is 13.3 Å². The van der Waals surface area contributed by atoms with Crippen molar-refractivity contribution >= 4 is 0 Å². The van der Waals surface area contributed by atoms with Crippen LogP contribution in [0.3, 0.4) is 0 Å². The molecule has 0 radical (unpaired) electrons. The highest BCUT2D eigenvalue weighted by Crippen LogP contribution is 2.44. The summed E-state index contributed by atoms with van der Waals surface area (Å²) in [6.45, 7) is 2.04. The molecule has 1 aliphatic rings. The third kappa shape index (κ3) is 1.02. The molecule has 2 heteroatoms. The fourth-order valence-electron chi connectivity index (χ4n) is 2.16. The Morgan fingerprint density at radius 1 is 1.13 bits per heavy atom. The van der Waals surface area contributed by atoms with Gasteiger partial charge in [0.15, 0.2) is 0 Å². The molecule has 1 aromatic heterocycles. The molecular formula is C13H11NO. The van der Waals surface area contributed by atoms with E-state index in [0.717, 1.165) is 28.8 Å². The Morgan fingerprint density at radius 3 is 2.60 bits per heavy atom. The Balaban J connectivity index is 2.30. The maximum absolute atomic E-state index is 11.8. The SMILES string of the molecule is CCc1cc2c(c(=O)[nH]1)-c1ccccc1-2. The van der Waals surface area contributed by atoms with Crippen LogP contribution in [0.25, 0.3) is 22.3 Å². The van der Waals surface area contributed by atoms with E-state index in [1.54, 1.807) is 0 Å². The van der Waals surface area contributed by atoms with E-state index in [1.165, 1.54) is 5.56 Å². The lowest BCUT2D eigenvalue weighted by Crippen LogP contribution is -2.17. The number of aromatic nitrogens is 1. The molecule has 0 atom stereocenters. The fraction of sp³-hybridized carbons (Fsp3) is 0.154. The second-order valence-electron chi connectivity index (χ2n) is 3.81. The predicted molar refractivity (Wildman–Crippen MR) is 60.9 cm³/mol. The van der Waals surface area contributed by atoms with E-state index in [9.17, 15) is 4.79 Å².